The quantitative estimate of drug-likeness (QED) is 0.918. The molecule has 0 spiro atoms. The molecule has 2 aliphatic rings. The number of hydrogen-bond donors (Lipinski definition) is 1. The Kier molecular flexibility index (Phi) is 5.29. The standard InChI is InChI=1S/C20H27N5O/c26-20(19-9-4-5-10-21-19)22-14-16-13-18-15-24(11-6-12-25(18)23-16)17-7-2-1-3-8-17/h4-5,9-10,13,17H,1-3,6-8,11-12,14-15H2,(H,22,26). The Hall–Kier alpha value is -2.21. The number of pyridine rings is 1. The molecule has 1 aliphatic carbocycles. The van der Waals surface area contributed by atoms with Crippen LogP contribution in [0.25, 0.3) is 0 Å². The maximum Gasteiger partial charge on any atom is 0.270 e. The molecule has 1 aliphatic heterocycles. The largest absolute Gasteiger partial charge is 0.345 e. The summed E-state index contributed by atoms with van der Waals surface area (Å²) in [6, 6.07) is 8.24. The van der Waals surface area contributed by atoms with Crippen molar-refractivity contribution in [2.75, 3.05) is 6.54 Å². The van der Waals surface area contributed by atoms with E-state index in [0.29, 0.717) is 12.2 Å². The molecule has 1 N–H and O–H groups in total. The maximum atomic E-state index is 12.2. The first-order chi connectivity index (χ1) is 12.8. The lowest BCUT2D eigenvalue weighted by atomic mass is 9.94. The van der Waals surface area contributed by atoms with E-state index in [1.165, 1.54) is 44.3 Å². The first-order valence-electron chi connectivity index (χ1n) is 9.78. The third-order valence-corrected chi connectivity index (χ3v) is 5.51. The Labute approximate surface area is 154 Å². The third-order valence-electron chi connectivity index (χ3n) is 5.51. The van der Waals surface area contributed by atoms with E-state index in [4.69, 9.17) is 5.10 Å². The molecular weight excluding hydrogens is 326 g/mol. The van der Waals surface area contributed by atoms with E-state index in [1.807, 2.05) is 6.07 Å². The summed E-state index contributed by atoms with van der Waals surface area (Å²) in [4.78, 5) is 18.9. The van der Waals surface area contributed by atoms with Gasteiger partial charge in [0.1, 0.15) is 5.69 Å². The Morgan fingerprint density at radius 1 is 1.15 bits per heavy atom. The smallest absolute Gasteiger partial charge is 0.270 e. The Bertz CT molecular complexity index is 736. The number of nitrogens with one attached hydrogen (secondary N) is 1. The second-order valence-corrected chi connectivity index (χ2v) is 7.36. The van der Waals surface area contributed by atoms with Crippen molar-refractivity contribution in [3.05, 3.63) is 47.5 Å². The fraction of sp³-hybridized carbons (Fsp3) is 0.550. The van der Waals surface area contributed by atoms with Crippen molar-refractivity contribution in [1.82, 2.24) is 25.0 Å². The zero-order valence-electron chi connectivity index (χ0n) is 15.2. The van der Waals surface area contributed by atoms with Gasteiger partial charge in [0.25, 0.3) is 5.91 Å². The average molecular weight is 353 g/mol. The highest BCUT2D eigenvalue weighted by Gasteiger charge is 2.24. The molecule has 2 aromatic rings. The number of rotatable bonds is 4. The van der Waals surface area contributed by atoms with Gasteiger partial charge < -0.3 is 5.32 Å². The monoisotopic (exact) mass is 353 g/mol. The van der Waals surface area contributed by atoms with Gasteiger partial charge in [0.2, 0.25) is 0 Å². The fourth-order valence-corrected chi connectivity index (χ4v) is 4.15. The second kappa shape index (κ2) is 7.99. The van der Waals surface area contributed by atoms with Crippen LogP contribution in [-0.2, 0) is 19.6 Å². The Morgan fingerprint density at radius 3 is 2.85 bits per heavy atom. The van der Waals surface area contributed by atoms with Gasteiger partial charge in [0, 0.05) is 31.9 Å². The first kappa shape index (κ1) is 17.2. The highest BCUT2D eigenvalue weighted by atomic mass is 16.1. The van der Waals surface area contributed by atoms with Gasteiger partial charge in [-0.3, -0.25) is 19.4 Å². The molecule has 1 saturated carbocycles. The highest BCUT2D eigenvalue weighted by Crippen LogP contribution is 2.25. The Morgan fingerprint density at radius 2 is 2.04 bits per heavy atom. The van der Waals surface area contributed by atoms with Gasteiger partial charge in [0.15, 0.2) is 0 Å². The predicted octanol–water partition coefficient (Wildman–Crippen LogP) is 2.75. The van der Waals surface area contributed by atoms with E-state index in [2.05, 4.69) is 25.9 Å². The summed E-state index contributed by atoms with van der Waals surface area (Å²) in [5, 5.41) is 7.63. The van der Waals surface area contributed by atoms with Gasteiger partial charge in [-0.1, -0.05) is 25.3 Å². The van der Waals surface area contributed by atoms with Crippen molar-refractivity contribution in [3.8, 4) is 0 Å². The van der Waals surface area contributed by atoms with Crippen LogP contribution in [0.15, 0.2) is 30.5 Å². The van der Waals surface area contributed by atoms with Crippen LogP contribution < -0.4 is 5.32 Å². The molecule has 1 fully saturated rings. The molecule has 26 heavy (non-hydrogen) atoms. The fourth-order valence-electron chi connectivity index (χ4n) is 4.15. The van der Waals surface area contributed by atoms with Crippen LogP contribution in [0.4, 0.5) is 0 Å². The van der Waals surface area contributed by atoms with Crippen molar-refractivity contribution < 1.29 is 4.79 Å². The summed E-state index contributed by atoms with van der Waals surface area (Å²) in [6.45, 7) is 3.55. The molecule has 1 amide bonds. The number of fused-ring (bicyclic) bond motifs is 1. The molecule has 0 aromatic carbocycles. The molecular formula is C20H27N5O. The van der Waals surface area contributed by atoms with Crippen LogP contribution in [0.2, 0.25) is 0 Å². The number of amides is 1. The van der Waals surface area contributed by atoms with Crippen LogP contribution in [0, 0.1) is 0 Å². The first-order valence-corrected chi connectivity index (χ1v) is 9.78. The third kappa shape index (κ3) is 3.96. The van der Waals surface area contributed by atoms with E-state index in [0.717, 1.165) is 31.2 Å². The molecule has 4 rings (SSSR count). The zero-order valence-corrected chi connectivity index (χ0v) is 15.2. The summed E-state index contributed by atoms with van der Waals surface area (Å²) in [6.07, 6.45) is 9.57. The summed E-state index contributed by atoms with van der Waals surface area (Å²) in [5.74, 6) is -0.155. The molecule has 2 aromatic heterocycles. The number of carbonyl (C=O) groups excluding carboxylic acids is 1. The second-order valence-electron chi connectivity index (χ2n) is 7.36. The number of hydrogen-bond acceptors (Lipinski definition) is 4. The molecule has 6 heteroatoms. The van der Waals surface area contributed by atoms with Crippen molar-refractivity contribution in [2.24, 2.45) is 0 Å². The molecule has 0 saturated heterocycles. The molecule has 0 atom stereocenters. The van der Waals surface area contributed by atoms with Crippen LogP contribution in [0.3, 0.4) is 0 Å². The normalized spacial score (nSPS) is 18.9. The topological polar surface area (TPSA) is 63.1 Å². The van der Waals surface area contributed by atoms with Crippen LogP contribution in [-0.4, -0.2) is 38.2 Å². The van der Waals surface area contributed by atoms with Crippen molar-refractivity contribution in [2.45, 2.75) is 64.2 Å². The summed E-state index contributed by atoms with van der Waals surface area (Å²) in [7, 11) is 0. The number of aromatic nitrogens is 3. The number of carbonyl (C=O) groups is 1. The lowest BCUT2D eigenvalue weighted by Crippen LogP contribution is -2.36. The molecule has 0 unspecified atom stereocenters. The predicted molar refractivity (Wildman–Crippen MR) is 99.5 cm³/mol. The Balaban J connectivity index is 1.39. The van der Waals surface area contributed by atoms with E-state index in [1.54, 1.807) is 18.3 Å². The lowest BCUT2D eigenvalue weighted by molar-refractivity contribution is 0.0945. The van der Waals surface area contributed by atoms with Crippen LogP contribution in [0.5, 0.6) is 0 Å². The van der Waals surface area contributed by atoms with Crippen molar-refractivity contribution in [1.29, 1.82) is 0 Å². The van der Waals surface area contributed by atoms with E-state index < -0.39 is 0 Å². The average Bonchev–Trinajstić information content (AvgIpc) is 2.97. The van der Waals surface area contributed by atoms with Crippen molar-refractivity contribution in [3.63, 3.8) is 0 Å². The van der Waals surface area contributed by atoms with Crippen molar-refractivity contribution >= 4 is 5.91 Å². The highest BCUT2D eigenvalue weighted by molar-refractivity contribution is 5.92. The van der Waals surface area contributed by atoms with E-state index >= 15 is 0 Å². The molecule has 0 bridgehead atoms. The van der Waals surface area contributed by atoms with Gasteiger partial charge >= 0.3 is 0 Å². The van der Waals surface area contributed by atoms with Gasteiger partial charge in [0.05, 0.1) is 17.9 Å². The van der Waals surface area contributed by atoms with Gasteiger partial charge in [-0.2, -0.15) is 5.10 Å². The molecule has 6 nitrogen and oxygen atoms in total. The van der Waals surface area contributed by atoms with Gasteiger partial charge in [-0.25, -0.2) is 0 Å². The molecule has 3 heterocycles. The zero-order chi connectivity index (χ0) is 17.8. The maximum absolute atomic E-state index is 12.2. The summed E-state index contributed by atoms with van der Waals surface area (Å²) < 4.78 is 2.13. The van der Waals surface area contributed by atoms with Crippen LogP contribution in [0.1, 0.15) is 60.4 Å². The molecule has 0 radical (unpaired) electrons. The molecule has 138 valence electrons. The SMILES string of the molecule is O=C(NCc1cc2n(n1)CCCN(C1CCCCC1)C2)c1ccccn1. The van der Waals surface area contributed by atoms with E-state index in [-0.39, 0.29) is 5.91 Å². The lowest BCUT2D eigenvalue weighted by Gasteiger charge is -2.33. The number of aryl methyl sites for hydroxylation is 1. The summed E-state index contributed by atoms with van der Waals surface area (Å²) >= 11 is 0. The van der Waals surface area contributed by atoms with Gasteiger partial charge in [-0.15, -0.1) is 0 Å². The minimum Gasteiger partial charge on any atom is -0.345 e. The summed E-state index contributed by atoms with van der Waals surface area (Å²) in [5.41, 5.74) is 2.64. The number of nitrogens with zero attached hydrogens (tertiary/aromatic N) is 4. The minimum absolute atomic E-state index is 0.155. The van der Waals surface area contributed by atoms with Gasteiger partial charge in [-0.05, 0) is 37.5 Å². The van der Waals surface area contributed by atoms with Crippen LogP contribution >= 0.6 is 0 Å². The minimum atomic E-state index is -0.155. The van der Waals surface area contributed by atoms with E-state index in [9.17, 15) is 4.79 Å².